The zero-order valence-corrected chi connectivity index (χ0v) is 9.04. The zero-order valence-electron chi connectivity index (χ0n) is 9.04. The molecule has 0 aliphatic carbocycles. The number of aliphatic hydroxyl groups excluding tert-OH is 3. The number of rotatable bonds is 3. The highest BCUT2D eigenvalue weighted by Gasteiger charge is 2.21. The van der Waals surface area contributed by atoms with Gasteiger partial charge in [-0.25, -0.2) is 0 Å². The second kappa shape index (κ2) is 4.25. The minimum absolute atomic E-state index is 0.454. The van der Waals surface area contributed by atoms with Gasteiger partial charge in [-0.15, -0.1) is 0 Å². The molecule has 3 N–H and O–H groups in total. The molecule has 2 rings (SSSR count). The van der Waals surface area contributed by atoms with E-state index in [1.807, 2.05) is 35.9 Å². The number of aliphatic hydroxyl groups is 3. The minimum Gasteiger partial charge on any atom is -0.394 e. The van der Waals surface area contributed by atoms with Gasteiger partial charge in [0.15, 0.2) is 0 Å². The van der Waals surface area contributed by atoms with E-state index in [2.05, 4.69) is 0 Å². The van der Waals surface area contributed by atoms with Gasteiger partial charge in [0.05, 0.1) is 6.61 Å². The highest BCUT2D eigenvalue weighted by molar-refractivity contribution is 5.84. The third-order valence-corrected chi connectivity index (χ3v) is 2.80. The summed E-state index contributed by atoms with van der Waals surface area (Å²) in [5, 5.41) is 29.0. The summed E-state index contributed by atoms with van der Waals surface area (Å²) in [6.07, 6.45) is -0.435. The maximum atomic E-state index is 9.88. The van der Waals surface area contributed by atoms with Crippen molar-refractivity contribution in [2.75, 3.05) is 6.61 Å². The maximum Gasteiger partial charge on any atom is 0.109 e. The van der Waals surface area contributed by atoms with Crippen molar-refractivity contribution in [1.82, 2.24) is 4.57 Å². The lowest BCUT2D eigenvalue weighted by Crippen LogP contribution is -2.21. The van der Waals surface area contributed by atoms with Crippen LogP contribution in [-0.2, 0) is 7.05 Å². The summed E-state index contributed by atoms with van der Waals surface area (Å²) in [7, 11) is 1.88. The Kier molecular flexibility index (Phi) is 2.96. The number of nitrogens with zero attached hydrogens (tertiary/aromatic N) is 1. The van der Waals surface area contributed by atoms with E-state index in [4.69, 9.17) is 5.11 Å². The Bertz CT molecular complexity index is 492. The topological polar surface area (TPSA) is 65.6 Å². The van der Waals surface area contributed by atoms with Gasteiger partial charge in [-0.3, -0.25) is 0 Å². The standard InChI is InChI=1S/C12H15NO3/c1-13-6-9(12(16)11(15)7-14)8-4-2-3-5-10(8)13/h2-6,11-12,14-16H,7H2,1H3. The van der Waals surface area contributed by atoms with E-state index in [1.54, 1.807) is 6.20 Å². The maximum absolute atomic E-state index is 9.88. The first kappa shape index (κ1) is 11.1. The quantitative estimate of drug-likeness (QED) is 0.709. The van der Waals surface area contributed by atoms with Gasteiger partial charge < -0.3 is 19.9 Å². The molecule has 0 fully saturated rings. The summed E-state index contributed by atoms with van der Waals surface area (Å²) in [6.45, 7) is -0.454. The molecule has 0 saturated carbocycles. The zero-order chi connectivity index (χ0) is 11.7. The van der Waals surface area contributed by atoms with Crippen molar-refractivity contribution in [3.05, 3.63) is 36.0 Å². The molecule has 16 heavy (non-hydrogen) atoms. The van der Waals surface area contributed by atoms with Crippen molar-refractivity contribution < 1.29 is 15.3 Å². The van der Waals surface area contributed by atoms with E-state index in [9.17, 15) is 10.2 Å². The Morgan fingerprint density at radius 2 is 1.94 bits per heavy atom. The summed E-state index contributed by atoms with van der Waals surface area (Å²) in [5.74, 6) is 0. The number of hydrogen-bond acceptors (Lipinski definition) is 3. The number of para-hydroxylation sites is 1. The Morgan fingerprint density at radius 3 is 2.62 bits per heavy atom. The van der Waals surface area contributed by atoms with Gasteiger partial charge >= 0.3 is 0 Å². The first-order chi connectivity index (χ1) is 7.65. The summed E-state index contributed by atoms with van der Waals surface area (Å²) < 4.78 is 1.89. The van der Waals surface area contributed by atoms with Crippen molar-refractivity contribution in [2.24, 2.45) is 7.05 Å². The van der Waals surface area contributed by atoms with Crippen LogP contribution in [-0.4, -0.2) is 32.6 Å². The van der Waals surface area contributed by atoms with Crippen molar-refractivity contribution >= 4 is 10.9 Å². The summed E-state index contributed by atoms with van der Waals surface area (Å²) >= 11 is 0. The Hall–Kier alpha value is -1.36. The number of fused-ring (bicyclic) bond motifs is 1. The SMILES string of the molecule is Cn1cc(C(O)C(O)CO)c2ccccc21. The normalized spacial score (nSPS) is 15.2. The molecule has 4 nitrogen and oxygen atoms in total. The Labute approximate surface area is 93.4 Å². The van der Waals surface area contributed by atoms with Gasteiger partial charge in [0.2, 0.25) is 0 Å². The van der Waals surface area contributed by atoms with Crippen molar-refractivity contribution in [1.29, 1.82) is 0 Å². The van der Waals surface area contributed by atoms with Crippen LogP contribution in [0.3, 0.4) is 0 Å². The summed E-state index contributed by atoms with van der Waals surface area (Å²) in [6, 6.07) is 7.62. The third kappa shape index (κ3) is 1.71. The van der Waals surface area contributed by atoms with Crippen LogP contribution in [0.25, 0.3) is 10.9 Å². The van der Waals surface area contributed by atoms with Crippen LogP contribution in [0.1, 0.15) is 11.7 Å². The van der Waals surface area contributed by atoms with Crippen molar-refractivity contribution in [3.63, 3.8) is 0 Å². The molecule has 4 heteroatoms. The van der Waals surface area contributed by atoms with Gasteiger partial charge in [0.25, 0.3) is 0 Å². The summed E-state index contributed by atoms with van der Waals surface area (Å²) in [5.41, 5.74) is 1.63. The van der Waals surface area contributed by atoms with Crippen LogP contribution >= 0.6 is 0 Å². The van der Waals surface area contributed by atoms with E-state index in [1.165, 1.54) is 0 Å². The second-order valence-corrected chi connectivity index (χ2v) is 3.91. The average molecular weight is 221 g/mol. The van der Waals surface area contributed by atoms with Crippen LogP contribution in [0.5, 0.6) is 0 Å². The first-order valence-electron chi connectivity index (χ1n) is 5.16. The lowest BCUT2D eigenvalue weighted by molar-refractivity contribution is -0.0146. The fourth-order valence-corrected chi connectivity index (χ4v) is 1.92. The van der Waals surface area contributed by atoms with Gasteiger partial charge in [0.1, 0.15) is 12.2 Å². The lowest BCUT2D eigenvalue weighted by atomic mass is 10.0. The van der Waals surface area contributed by atoms with E-state index in [0.29, 0.717) is 5.56 Å². The molecule has 0 aliphatic rings. The number of hydrogen-bond donors (Lipinski definition) is 3. The van der Waals surface area contributed by atoms with Crippen LogP contribution in [0, 0.1) is 0 Å². The molecule has 0 radical (unpaired) electrons. The van der Waals surface area contributed by atoms with Crippen LogP contribution in [0.15, 0.2) is 30.5 Å². The fourth-order valence-electron chi connectivity index (χ4n) is 1.92. The molecular weight excluding hydrogens is 206 g/mol. The molecule has 1 aromatic heterocycles. The van der Waals surface area contributed by atoms with Gasteiger partial charge in [-0.05, 0) is 6.07 Å². The Balaban J connectivity index is 2.52. The van der Waals surface area contributed by atoms with Crippen LogP contribution in [0.4, 0.5) is 0 Å². The third-order valence-electron chi connectivity index (χ3n) is 2.80. The molecule has 0 amide bonds. The predicted octanol–water partition coefficient (Wildman–Crippen LogP) is 0.565. The highest BCUT2D eigenvalue weighted by atomic mass is 16.4. The summed E-state index contributed by atoms with van der Waals surface area (Å²) in [4.78, 5) is 0. The van der Waals surface area contributed by atoms with E-state index >= 15 is 0 Å². The van der Waals surface area contributed by atoms with Gasteiger partial charge in [-0.2, -0.15) is 0 Å². The molecule has 0 bridgehead atoms. The molecular formula is C12H15NO3. The molecule has 2 unspecified atom stereocenters. The average Bonchev–Trinajstić information content (AvgIpc) is 2.65. The monoisotopic (exact) mass is 221 g/mol. The number of aryl methyl sites for hydroxylation is 1. The molecule has 0 saturated heterocycles. The molecule has 2 atom stereocenters. The highest BCUT2D eigenvalue weighted by Crippen LogP contribution is 2.27. The van der Waals surface area contributed by atoms with Crippen molar-refractivity contribution in [2.45, 2.75) is 12.2 Å². The number of aromatic nitrogens is 1. The smallest absolute Gasteiger partial charge is 0.109 e. The molecule has 86 valence electrons. The molecule has 0 spiro atoms. The van der Waals surface area contributed by atoms with Gasteiger partial charge in [0, 0.05) is 29.7 Å². The lowest BCUT2D eigenvalue weighted by Gasteiger charge is -2.14. The van der Waals surface area contributed by atoms with E-state index < -0.39 is 18.8 Å². The second-order valence-electron chi connectivity index (χ2n) is 3.91. The van der Waals surface area contributed by atoms with Crippen LogP contribution in [0.2, 0.25) is 0 Å². The van der Waals surface area contributed by atoms with Crippen molar-refractivity contribution in [3.8, 4) is 0 Å². The van der Waals surface area contributed by atoms with E-state index in [0.717, 1.165) is 10.9 Å². The molecule has 2 aromatic rings. The largest absolute Gasteiger partial charge is 0.394 e. The molecule has 0 aliphatic heterocycles. The minimum atomic E-state index is -1.15. The van der Waals surface area contributed by atoms with E-state index in [-0.39, 0.29) is 0 Å². The number of benzene rings is 1. The first-order valence-corrected chi connectivity index (χ1v) is 5.16. The van der Waals surface area contributed by atoms with Crippen LogP contribution < -0.4 is 0 Å². The predicted molar refractivity (Wildman–Crippen MR) is 61.0 cm³/mol. The fraction of sp³-hybridized carbons (Fsp3) is 0.333. The molecule has 1 aromatic carbocycles. The molecule has 1 heterocycles. The van der Waals surface area contributed by atoms with Gasteiger partial charge in [-0.1, -0.05) is 18.2 Å². The Morgan fingerprint density at radius 1 is 1.25 bits per heavy atom.